The van der Waals surface area contributed by atoms with E-state index in [-0.39, 0.29) is 17.8 Å². The van der Waals surface area contributed by atoms with Gasteiger partial charge in [-0.05, 0) is 37.5 Å². The van der Waals surface area contributed by atoms with Gasteiger partial charge in [0.2, 0.25) is 5.91 Å². The van der Waals surface area contributed by atoms with Crippen LogP contribution < -0.4 is 10.6 Å². The summed E-state index contributed by atoms with van der Waals surface area (Å²) in [6.07, 6.45) is 1.99. The second kappa shape index (κ2) is 8.87. The molecule has 0 aliphatic carbocycles. The first-order valence-electron chi connectivity index (χ1n) is 8.22. The van der Waals surface area contributed by atoms with Gasteiger partial charge in [0.05, 0.1) is 0 Å². The molecule has 1 heterocycles. The maximum Gasteiger partial charge on any atom is 0.222 e. The second-order valence-electron chi connectivity index (χ2n) is 5.90. The molecule has 0 bridgehead atoms. The monoisotopic (exact) mass is 354 g/mol. The Morgan fingerprint density at radius 1 is 1.50 bits per heavy atom. The van der Waals surface area contributed by atoms with Gasteiger partial charge in [0.25, 0.3) is 0 Å². The molecule has 1 saturated heterocycles. The maximum atomic E-state index is 13.1. The summed E-state index contributed by atoms with van der Waals surface area (Å²) in [7, 11) is 1.82. The molecule has 1 fully saturated rings. The van der Waals surface area contributed by atoms with Crippen LogP contribution in [-0.4, -0.2) is 49.5 Å². The summed E-state index contributed by atoms with van der Waals surface area (Å²) in [5, 5.41) is 7.00. The lowest BCUT2D eigenvalue weighted by atomic mass is 10.1. The molecule has 7 heteroatoms. The highest BCUT2D eigenvalue weighted by molar-refractivity contribution is 6.31. The van der Waals surface area contributed by atoms with Gasteiger partial charge >= 0.3 is 0 Å². The number of hydrogen-bond donors (Lipinski definition) is 2. The van der Waals surface area contributed by atoms with Crippen molar-refractivity contribution in [2.24, 2.45) is 4.99 Å². The Kier molecular flexibility index (Phi) is 6.85. The van der Waals surface area contributed by atoms with Crippen LogP contribution in [0.25, 0.3) is 0 Å². The number of carbonyl (C=O) groups excluding carboxylic acids is 1. The van der Waals surface area contributed by atoms with Crippen molar-refractivity contribution >= 4 is 23.5 Å². The van der Waals surface area contributed by atoms with E-state index < -0.39 is 0 Å². The van der Waals surface area contributed by atoms with Crippen molar-refractivity contribution in [2.45, 2.75) is 32.2 Å². The number of benzene rings is 1. The summed E-state index contributed by atoms with van der Waals surface area (Å²) >= 11 is 6.03. The van der Waals surface area contributed by atoms with Gasteiger partial charge in [-0.2, -0.15) is 0 Å². The van der Waals surface area contributed by atoms with E-state index in [2.05, 4.69) is 15.6 Å². The highest BCUT2D eigenvalue weighted by Crippen LogP contribution is 2.17. The number of guanidine groups is 1. The minimum Gasteiger partial charge on any atom is -0.357 e. The average molecular weight is 355 g/mol. The van der Waals surface area contributed by atoms with Gasteiger partial charge in [-0.25, -0.2) is 4.39 Å². The van der Waals surface area contributed by atoms with E-state index in [1.807, 2.05) is 14.0 Å². The van der Waals surface area contributed by atoms with Crippen LogP contribution in [-0.2, 0) is 11.2 Å². The number of likely N-dealkylation sites (N-methyl/N-ethyl adjacent to an activating group) is 1. The van der Waals surface area contributed by atoms with E-state index in [4.69, 9.17) is 11.6 Å². The van der Waals surface area contributed by atoms with Crippen LogP contribution in [0.1, 0.15) is 25.3 Å². The van der Waals surface area contributed by atoms with Gasteiger partial charge in [0, 0.05) is 44.2 Å². The van der Waals surface area contributed by atoms with Crippen LogP contribution in [0.2, 0.25) is 5.02 Å². The summed E-state index contributed by atoms with van der Waals surface area (Å²) in [4.78, 5) is 17.8. The SMILES string of the molecule is CCNC(=NCCc1ccc(F)cc1Cl)NC1CCC(=O)N(C)C1. The predicted molar refractivity (Wildman–Crippen MR) is 94.9 cm³/mol. The number of aliphatic imine (C=N–C) groups is 1. The molecule has 2 N–H and O–H groups in total. The highest BCUT2D eigenvalue weighted by Gasteiger charge is 2.23. The van der Waals surface area contributed by atoms with Crippen LogP contribution in [0.4, 0.5) is 4.39 Å². The summed E-state index contributed by atoms with van der Waals surface area (Å²) in [6, 6.07) is 4.61. The number of nitrogens with one attached hydrogen (secondary N) is 2. The molecular weight excluding hydrogens is 331 g/mol. The molecule has 132 valence electrons. The lowest BCUT2D eigenvalue weighted by Gasteiger charge is -2.31. The molecule has 1 aliphatic heterocycles. The molecule has 1 unspecified atom stereocenters. The van der Waals surface area contributed by atoms with Crippen molar-refractivity contribution in [1.29, 1.82) is 0 Å². The minimum absolute atomic E-state index is 0.181. The first kappa shape index (κ1) is 18.5. The van der Waals surface area contributed by atoms with Gasteiger partial charge in [0.15, 0.2) is 5.96 Å². The van der Waals surface area contributed by atoms with E-state index in [9.17, 15) is 9.18 Å². The van der Waals surface area contributed by atoms with Gasteiger partial charge in [0.1, 0.15) is 5.82 Å². The maximum absolute atomic E-state index is 13.1. The zero-order chi connectivity index (χ0) is 17.5. The quantitative estimate of drug-likeness (QED) is 0.629. The Bertz CT molecular complexity index is 608. The predicted octanol–water partition coefficient (Wildman–Crippen LogP) is 2.20. The van der Waals surface area contributed by atoms with Crippen LogP contribution in [0.3, 0.4) is 0 Å². The van der Waals surface area contributed by atoms with Crippen LogP contribution >= 0.6 is 11.6 Å². The van der Waals surface area contributed by atoms with Crippen molar-refractivity contribution in [1.82, 2.24) is 15.5 Å². The molecule has 0 radical (unpaired) electrons. The topological polar surface area (TPSA) is 56.7 Å². The van der Waals surface area contributed by atoms with Crippen molar-refractivity contribution in [3.8, 4) is 0 Å². The Hall–Kier alpha value is -1.82. The zero-order valence-corrected chi connectivity index (χ0v) is 14.9. The Morgan fingerprint density at radius 3 is 2.96 bits per heavy atom. The number of rotatable bonds is 5. The molecule has 24 heavy (non-hydrogen) atoms. The lowest BCUT2D eigenvalue weighted by molar-refractivity contribution is -0.132. The molecule has 1 amide bonds. The number of hydrogen-bond acceptors (Lipinski definition) is 2. The molecular formula is C17H24ClFN4O. The molecule has 0 aromatic heterocycles. The fraction of sp³-hybridized carbons (Fsp3) is 0.529. The molecule has 1 aliphatic rings. The molecule has 2 rings (SSSR count). The standard InChI is InChI=1S/C17H24ClFN4O/c1-3-20-17(22-14-6-7-16(24)23(2)11-14)21-9-8-12-4-5-13(19)10-15(12)18/h4-5,10,14H,3,6-9,11H2,1-2H3,(H2,20,21,22). The number of nitrogens with zero attached hydrogens (tertiary/aromatic N) is 2. The number of piperidine rings is 1. The third-order valence-electron chi connectivity index (χ3n) is 3.98. The number of amides is 1. The highest BCUT2D eigenvalue weighted by atomic mass is 35.5. The molecule has 1 aromatic rings. The zero-order valence-electron chi connectivity index (χ0n) is 14.1. The van der Waals surface area contributed by atoms with Crippen molar-refractivity contribution in [3.05, 3.63) is 34.6 Å². The van der Waals surface area contributed by atoms with E-state index in [0.717, 1.165) is 24.5 Å². The largest absolute Gasteiger partial charge is 0.357 e. The summed E-state index contributed by atoms with van der Waals surface area (Å²) < 4.78 is 13.1. The fourth-order valence-electron chi connectivity index (χ4n) is 2.66. The third kappa shape index (κ3) is 5.37. The first-order chi connectivity index (χ1) is 11.5. The van der Waals surface area contributed by atoms with Crippen molar-refractivity contribution in [2.75, 3.05) is 26.7 Å². The van der Waals surface area contributed by atoms with E-state index in [1.54, 1.807) is 11.0 Å². The van der Waals surface area contributed by atoms with Crippen LogP contribution in [0.15, 0.2) is 23.2 Å². The van der Waals surface area contributed by atoms with E-state index >= 15 is 0 Å². The fourth-order valence-corrected chi connectivity index (χ4v) is 2.92. The minimum atomic E-state index is -0.335. The number of carbonyl (C=O) groups is 1. The number of likely N-dealkylation sites (tertiary alicyclic amines) is 1. The van der Waals surface area contributed by atoms with Gasteiger partial charge in [-0.3, -0.25) is 9.79 Å². The lowest BCUT2D eigenvalue weighted by Crippen LogP contribution is -2.51. The van der Waals surface area contributed by atoms with E-state index in [0.29, 0.717) is 31.0 Å². The average Bonchev–Trinajstić information content (AvgIpc) is 2.53. The number of halogens is 2. The summed E-state index contributed by atoms with van der Waals surface area (Å²) in [6.45, 7) is 3.98. The summed E-state index contributed by atoms with van der Waals surface area (Å²) in [5.74, 6) is 0.572. The normalized spacial score (nSPS) is 18.7. The first-order valence-corrected chi connectivity index (χ1v) is 8.60. The van der Waals surface area contributed by atoms with Crippen LogP contribution in [0, 0.1) is 5.82 Å². The molecule has 0 spiro atoms. The van der Waals surface area contributed by atoms with Crippen molar-refractivity contribution < 1.29 is 9.18 Å². The Labute approximate surface area is 147 Å². The smallest absolute Gasteiger partial charge is 0.222 e. The molecule has 1 atom stereocenters. The molecule has 0 saturated carbocycles. The Balaban J connectivity index is 1.91. The molecule has 1 aromatic carbocycles. The van der Waals surface area contributed by atoms with Gasteiger partial charge < -0.3 is 15.5 Å². The Morgan fingerprint density at radius 2 is 2.29 bits per heavy atom. The van der Waals surface area contributed by atoms with Crippen LogP contribution in [0.5, 0.6) is 0 Å². The summed E-state index contributed by atoms with van der Waals surface area (Å²) in [5.41, 5.74) is 0.876. The van der Waals surface area contributed by atoms with Crippen molar-refractivity contribution in [3.63, 3.8) is 0 Å². The molecule has 5 nitrogen and oxygen atoms in total. The van der Waals surface area contributed by atoms with Gasteiger partial charge in [-0.15, -0.1) is 0 Å². The van der Waals surface area contributed by atoms with E-state index in [1.165, 1.54) is 12.1 Å². The second-order valence-corrected chi connectivity index (χ2v) is 6.31. The van der Waals surface area contributed by atoms with Gasteiger partial charge in [-0.1, -0.05) is 17.7 Å². The third-order valence-corrected chi connectivity index (χ3v) is 4.33.